The number of rotatable bonds is 5. The van der Waals surface area contributed by atoms with Gasteiger partial charge in [-0.25, -0.2) is 4.98 Å². The van der Waals surface area contributed by atoms with Crippen molar-refractivity contribution in [3.8, 4) is 5.75 Å². The Balaban J connectivity index is 1.58. The van der Waals surface area contributed by atoms with Crippen molar-refractivity contribution in [1.82, 2.24) is 9.55 Å². The number of methoxy groups -OCH3 is 1. The Morgan fingerprint density at radius 3 is 2.89 bits per heavy atom. The van der Waals surface area contributed by atoms with Crippen LogP contribution in [0.3, 0.4) is 0 Å². The van der Waals surface area contributed by atoms with Crippen molar-refractivity contribution in [2.75, 3.05) is 12.4 Å². The molecule has 0 aliphatic heterocycles. The van der Waals surface area contributed by atoms with Gasteiger partial charge in [0.05, 0.1) is 35.7 Å². The Morgan fingerprint density at radius 2 is 2.15 bits per heavy atom. The van der Waals surface area contributed by atoms with E-state index in [4.69, 9.17) is 9.15 Å². The zero-order valence-electron chi connectivity index (χ0n) is 15.3. The third-order valence-electron chi connectivity index (χ3n) is 4.53. The predicted octanol–water partition coefficient (Wildman–Crippen LogP) is 4.62. The molecule has 0 spiro atoms. The first-order valence-electron chi connectivity index (χ1n) is 8.50. The van der Waals surface area contributed by atoms with Gasteiger partial charge in [-0.3, -0.25) is 10.1 Å². The quantitative estimate of drug-likeness (QED) is 0.548. The molecule has 7 heteroatoms. The first kappa shape index (κ1) is 17.4. The van der Waals surface area contributed by atoms with Crippen molar-refractivity contribution >= 4 is 32.6 Å². The summed E-state index contributed by atoms with van der Waals surface area (Å²) < 4.78 is 13.7. The molecule has 4 aromatic rings. The molecule has 0 bridgehead atoms. The summed E-state index contributed by atoms with van der Waals surface area (Å²) >= 11 is 1.43. The van der Waals surface area contributed by atoms with Gasteiger partial charge >= 0.3 is 0 Å². The number of amides is 1. The third-order valence-corrected chi connectivity index (χ3v) is 5.46. The summed E-state index contributed by atoms with van der Waals surface area (Å²) in [5, 5.41) is 3.48. The van der Waals surface area contributed by atoms with Crippen molar-refractivity contribution in [3.63, 3.8) is 0 Å². The van der Waals surface area contributed by atoms with Crippen LogP contribution in [0.2, 0.25) is 0 Å². The molecule has 0 saturated carbocycles. The molecular formula is C20H19N3O3S. The maximum atomic E-state index is 12.8. The smallest absolute Gasteiger partial charge is 0.259 e. The Bertz CT molecular complexity index is 1110. The van der Waals surface area contributed by atoms with Crippen LogP contribution < -0.4 is 10.1 Å². The molecule has 3 aromatic heterocycles. The topological polar surface area (TPSA) is 69.3 Å². The molecule has 6 nitrogen and oxygen atoms in total. The average molecular weight is 381 g/mol. The van der Waals surface area contributed by atoms with Crippen LogP contribution in [0.1, 0.15) is 27.5 Å². The van der Waals surface area contributed by atoms with E-state index in [-0.39, 0.29) is 5.91 Å². The van der Waals surface area contributed by atoms with E-state index >= 15 is 0 Å². The van der Waals surface area contributed by atoms with Crippen molar-refractivity contribution < 1.29 is 13.9 Å². The van der Waals surface area contributed by atoms with Crippen molar-refractivity contribution in [2.24, 2.45) is 0 Å². The molecule has 0 atom stereocenters. The first-order valence-corrected chi connectivity index (χ1v) is 9.32. The fourth-order valence-corrected chi connectivity index (χ4v) is 3.97. The predicted molar refractivity (Wildman–Crippen MR) is 106 cm³/mol. The van der Waals surface area contributed by atoms with Crippen LogP contribution in [0.25, 0.3) is 10.2 Å². The van der Waals surface area contributed by atoms with E-state index in [9.17, 15) is 4.79 Å². The minimum atomic E-state index is -0.167. The zero-order valence-corrected chi connectivity index (χ0v) is 16.1. The second kappa shape index (κ2) is 6.92. The van der Waals surface area contributed by atoms with Crippen LogP contribution in [-0.2, 0) is 6.54 Å². The number of anilines is 1. The normalized spacial score (nSPS) is 11.1. The van der Waals surface area contributed by atoms with Crippen molar-refractivity contribution in [2.45, 2.75) is 20.4 Å². The van der Waals surface area contributed by atoms with E-state index in [0.717, 1.165) is 33.1 Å². The summed E-state index contributed by atoms with van der Waals surface area (Å²) in [6, 6.07) is 11.3. The fourth-order valence-electron chi connectivity index (χ4n) is 3.08. The van der Waals surface area contributed by atoms with E-state index < -0.39 is 0 Å². The summed E-state index contributed by atoms with van der Waals surface area (Å²) in [6.07, 6.45) is 1.65. The lowest BCUT2D eigenvalue weighted by atomic mass is 10.2. The van der Waals surface area contributed by atoms with Gasteiger partial charge in [-0.1, -0.05) is 11.3 Å². The highest BCUT2D eigenvalue weighted by atomic mass is 32.1. The van der Waals surface area contributed by atoms with Gasteiger partial charge in [-0.15, -0.1) is 0 Å². The molecule has 27 heavy (non-hydrogen) atoms. The molecule has 4 rings (SSSR count). The number of aryl methyl sites for hydroxylation is 1. The van der Waals surface area contributed by atoms with Crippen LogP contribution in [0.4, 0.5) is 5.13 Å². The van der Waals surface area contributed by atoms with Crippen LogP contribution in [0, 0.1) is 13.8 Å². The Morgan fingerprint density at radius 1 is 1.30 bits per heavy atom. The molecule has 1 aromatic carbocycles. The maximum Gasteiger partial charge on any atom is 0.259 e. The molecule has 0 aliphatic carbocycles. The molecule has 0 unspecified atom stereocenters. The first-order chi connectivity index (χ1) is 13.0. The summed E-state index contributed by atoms with van der Waals surface area (Å²) in [7, 11) is 1.63. The van der Waals surface area contributed by atoms with Crippen molar-refractivity contribution in [3.05, 3.63) is 65.4 Å². The number of thiazole rings is 1. The highest BCUT2D eigenvalue weighted by molar-refractivity contribution is 7.22. The molecule has 1 amide bonds. The minimum absolute atomic E-state index is 0.167. The molecule has 1 N–H and O–H groups in total. The number of furan rings is 1. The Kier molecular flexibility index (Phi) is 4.45. The van der Waals surface area contributed by atoms with Gasteiger partial charge in [0, 0.05) is 11.4 Å². The molecule has 0 fully saturated rings. The lowest BCUT2D eigenvalue weighted by Gasteiger charge is -2.07. The van der Waals surface area contributed by atoms with Gasteiger partial charge in [0.1, 0.15) is 11.5 Å². The largest absolute Gasteiger partial charge is 0.497 e. The molecular weight excluding hydrogens is 362 g/mol. The molecule has 0 aliphatic rings. The number of carbonyl (C=O) groups excluding carboxylic acids is 1. The van der Waals surface area contributed by atoms with Crippen molar-refractivity contribution in [1.29, 1.82) is 0 Å². The minimum Gasteiger partial charge on any atom is -0.497 e. The number of benzene rings is 1. The van der Waals surface area contributed by atoms with Gasteiger partial charge in [0.2, 0.25) is 0 Å². The number of nitrogens with one attached hydrogen (secondary N) is 1. The number of nitrogens with zero attached hydrogens (tertiary/aromatic N) is 2. The lowest BCUT2D eigenvalue weighted by Crippen LogP contribution is -2.13. The number of ether oxygens (including phenoxy) is 1. The standard InChI is InChI=1S/C20H19N3O3S/c1-12-9-16(13(2)23(12)11-15-5-4-8-26-15)19(24)22-20-21-17-7-6-14(25-3)10-18(17)27-20/h4-10H,11H2,1-3H3,(H,21,22,24). The average Bonchev–Trinajstić information content (AvgIpc) is 3.36. The van der Waals surface area contributed by atoms with Gasteiger partial charge < -0.3 is 13.7 Å². The maximum absolute atomic E-state index is 12.8. The SMILES string of the molecule is COc1ccc2nc(NC(=O)c3cc(C)n(Cc4ccco4)c3C)sc2c1. The summed E-state index contributed by atoms with van der Waals surface area (Å²) in [5.74, 6) is 1.45. The fraction of sp³-hybridized carbons (Fsp3) is 0.200. The van der Waals surface area contributed by atoms with Gasteiger partial charge in [0.15, 0.2) is 5.13 Å². The van der Waals surface area contributed by atoms with Crippen LogP contribution >= 0.6 is 11.3 Å². The van der Waals surface area contributed by atoms with Gasteiger partial charge in [0.25, 0.3) is 5.91 Å². The zero-order chi connectivity index (χ0) is 19.0. The molecule has 0 radical (unpaired) electrons. The number of hydrogen-bond donors (Lipinski definition) is 1. The second-order valence-corrected chi connectivity index (χ2v) is 7.29. The number of fused-ring (bicyclic) bond motifs is 1. The molecule has 138 valence electrons. The van der Waals surface area contributed by atoms with E-state index in [1.807, 2.05) is 50.2 Å². The Hall–Kier alpha value is -3.06. The highest BCUT2D eigenvalue weighted by Gasteiger charge is 2.18. The molecule has 0 saturated heterocycles. The second-order valence-electron chi connectivity index (χ2n) is 6.26. The Labute approximate surface area is 160 Å². The van der Waals surface area contributed by atoms with Gasteiger partial charge in [-0.05, 0) is 50.2 Å². The summed E-state index contributed by atoms with van der Waals surface area (Å²) in [6.45, 7) is 4.52. The van der Waals surface area contributed by atoms with Crippen LogP contribution in [0.5, 0.6) is 5.75 Å². The number of aromatic nitrogens is 2. The third kappa shape index (κ3) is 3.33. The van der Waals surface area contributed by atoms with E-state index in [2.05, 4.69) is 14.9 Å². The van der Waals surface area contributed by atoms with E-state index in [1.165, 1.54) is 11.3 Å². The number of carbonyl (C=O) groups is 1. The van der Waals surface area contributed by atoms with E-state index in [0.29, 0.717) is 17.2 Å². The van der Waals surface area contributed by atoms with E-state index in [1.54, 1.807) is 13.4 Å². The van der Waals surface area contributed by atoms with Gasteiger partial charge in [-0.2, -0.15) is 0 Å². The monoisotopic (exact) mass is 381 g/mol. The lowest BCUT2D eigenvalue weighted by molar-refractivity contribution is 0.102. The number of hydrogen-bond acceptors (Lipinski definition) is 5. The van der Waals surface area contributed by atoms with Crippen LogP contribution in [0.15, 0.2) is 47.1 Å². The highest BCUT2D eigenvalue weighted by Crippen LogP contribution is 2.29. The van der Waals surface area contributed by atoms with Crippen LogP contribution in [-0.4, -0.2) is 22.6 Å². The summed E-state index contributed by atoms with van der Waals surface area (Å²) in [5.41, 5.74) is 3.36. The summed E-state index contributed by atoms with van der Waals surface area (Å²) in [4.78, 5) is 17.3. The molecule has 3 heterocycles.